The van der Waals surface area contributed by atoms with Crippen molar-refractivity contribution in [1.82, 2.24) is 5.32 Å². The first-order valence-corrected chi connectivity index (χ1v) is 5.29. The Hall–Kier alpha value is -1.34. The Balaban J connectivity index is 2.33. The largest absolute Gasteiger partial charge is 0.352 e. The van der Waals surface area contributed by atoms with E-state index in [-0.39, 0.29) is 11.9 Å². The molecule has 1 aromatic heterocycles. The minimum absolute atomic E-state index is 0.0183. The van der Waals surface area contributed by atoms with Gasteiger partial charge >= 0.3 is 0 Å². The molecule has 0 aliphatic heterocycles. The van der Waals surface area contributed by atoms with E-state index in [0.717, 1.165) is 4.88 Å². The van der Waals surface area contributed by atoms with Crippen molar-refractivity contribution in [1.29, 1.82) is 5.26 Å². The monoisotopic (exact) mass is 208 g/mol. The lowest BCUT2D eigenvalue weighted by Crippen LogP contribution is -2.33. The molecule has 1 N–H and O–H groups in total. The molecule has 1 aromatic rings. The van der Waals surface area contributed by atoms with E-state index in [0.29, 0.717) is 12.8 Å². The predicted octanol–water partition coefficient (Wildman–Crippen LogP) is 1.71. The Labute approximate surface area is 87.4 Å². The van der Waals surface area contributed by atoms with E-state index in [4.69, 9.17) is 5.26 Å². The van der Waals surface area contributed by atoms with Crippen molar-refractivity contribution in [2.45, 2.75) is 25.8 Å². The summed E-state index contributed by atoms with van der Waals surface area (Å²) in [5.41, 5.74) is 0. The van der Waals surface area contributed by atoms with Crippen LogP contribution in [0.1, 0.15) is 18.2 Å². The minimum Gasteiger partial charge on any atom is -0.352 e. The normalized spacial score (nSPS) is 11.7. The fourth-order valence-corrected chi connectivity index (χ4v) is 1.79. The van der Waals surface area contributed by atoms with Crippen molar-refractivity contribution in [3.63, 3.8) is 0 Å². The fraction of sp³-hybridized carbons (Fsp3) is 0.400. The fourth-order valence-electron chi connectivity index (χ4n) is 1.09. The van der Waals surface area contributed by atoms with Gasteiger partial charge in [0.25, 0.3) is 0 Å². The van der Waals surface area contributed by atoms with Crippen LogP contribution in [0.25, 0.3) is 0 Å². The number of carbonyl (C=O) groups is 1. The molecule has 1 amide bonds. The van der Waals surface area contributed by atoms with E-state index in [1.165, 1.54) is 0 Å². The van der Waals surface area contributed by atoms with Gasteiger partial charge in [-0.1, -0.05) is 6.07 Å². The second kappa shape index (κ2) is 5.40. The van der Waals surface area contributed by atoms with E-state index in [1.54, 1.807) is 11.3 Å². The number of nitrogens with one attached hydrogen (secondary N) is 1. The second-order valence-corrected chi connectivity index (χ2v) is 4.12. The Kier molecular flexibility index (Phi) is 4.14. The maximum Gasteiger partial charge on any atom is 0.225 e. The van der Waals surface area contributed by atoms with Gasteiger partial charge in [0.2, 0.25) is 5.91 Å². The molecule has 1 rings (SSSR count). The van der Waals surface area contributed by atoms with Gasteiger partial charge in [-0.25, -0.2) is 0 Å². The summed E-state index contributed by atoms with van der Waals surface area (Å²) in [6.45, 7) is 1.83. The molecule has 0 radical (unpaired) electrons. The van der Waals surface area contributed by atoms with Crippen LogP contribution in [-0.2, 0) is 11.2 Å². The van der Waals surface area contributed by atoms with Crippen LogP contribution in [0, 0.1) is 11.3 Å². The first-order chi connectivity index (χ1) is 6.72. The number of hydrogen-bond donors (Lipinski definition) is 1. The number of nitrogens with zero attached hydrogens (tertiary/aromatic N) is 1. The van der Waals surface area contributed by atoms with Crippen molar-refractivity contribution >= 4 is 17.2 Å². The smallest absolute Gasteiger partial charge is 0.225 e. The zero-order valence-corrected chi connectivity index (χ0v) is 8.80. The summed E-state index contributed by atoms with van der Waals surface area (Å²) in [6, 6.07) is 5.81. The molecule has 1 atom stereocenters. The Bertz CT molecular complexity index is 326. The maximum atomic E-state index is 11.4. The lowest BCUT2D eigenvalue weighted by molar-refractivity contribution is -0.120. The van der Waals surface area contributed by atoms with Crippen LogP contribution in [0.4, 0.5) is 0 Å². The van der Waals surface area contributed by atoms with Crippen LogP contribution in [-0.4, -0.2) is 11.9 Å². The third kappa shape index (κ3) is 3.58. The topological polar surface area (TPSA) is 52.9 Å². The summed E-state index contributed by atoms with van der Waals surface area (Å²) in [4.78, 5) is 12.4. The highest BCUT2D eigenvalue weighted by molar-refractivity contribution is 7.10. The number of rotatable bonds is 4. The third-order valence-corrected chi connectivity index (χ3v) is 2.60. The van der Waals surface area contributed by atoms with Gasteiger partial charge in [0, 0.05) is 10.9 Å². The number of hydrogen-bond acceptors (Lipinski definition) is 3. The van der Waals surface area contributed by atoms with E-state index >= 15 is 0 Å². The van der Waals surface area contributed by atoms with E-state index < -0.39 is 0 Å². The van der Waals surface area contributed by atoms with Crippen molar-refractivity contribution < 1.29 is 4.79 Å². The predicted molar refractivity (Wildman–Crippen MR) is 55.9 cm³/mol. The van der Waals surface area contributed by atoms with Crippen LogP contribution < -0.4 is 5.32 Å². The number of thiophene rings is 1. The summed E-state index contributed by atoms with van der Waals surface area (Å²) in [5, 5.41) is 13.1. The first-order valence-electron chi connectivity index (χ1n) is 4.41. The quantitative estimate of drug-likeness (QED) is 0.819. The maximum absolute atomic E-state index is 11.4. The van der Waals surface area contributed by atoms with Crippen LogP contribution in [0.3, 0.4) is 0 Å². The highest BCUT2D eigenvalue weighted by atomic mass is 32.1. The molecule has 0 aliphatic carbocycles. The van der Waals surface area contributed by atoms with Crippen LogP contribution in [0.5, 0.6) is 0 Å². The van der Waals surface area contributed by atoms with Crippen molar-refractivity contribution in [2.75, 3.05) is 0 Å². The number of carbonyl (C=O) groups excluding carboxylic acids is 1. The van der Waals surface area contributed by atoms with E-state index in [1.807, 2.05) is 30.5 Å². The summed E-state index contributed by atoms with van der Waals surface area (Å²) >= 11 is 1.57. The molecule has 0 aliphatic rings. The lowest BCUT2D eigenvalue weighted by atomic mass is 10.2. The zero-order chi connectivity index (χ0) is 10.4. The Morgan fingerprint density at radius 3 is 3.14 bits per heavy atom. The second-order valence-electron chi connectivity index (χ2n) is 3.09. The van der Waals surface area contributed by atoms with Gasteiger partial charge < -0.3 is 5.32 Å². The molecule has 74 valence electrons. The number of nitriles is 1. The molecular weight excluding hydrogens is 196 g/mol. The summed E-state index contributed by atoms with van der Waals surface area (Å²) in [7, 11) is 0. The van der Waals surface area contributed by atoms with Gasteiger partial charge in [-0.2, -0.15) is 5.26 Å². The van der Waals surface area contributed by atoms with Crippen LogP contribution >= 0.6 is 11.3 Å². The first kappa shape index (κ1) is 10.7. The summed E-state index contributed by atoms with van der Waals surface area (Å²) in [6.07, 6.45) is 0.767. The molecule has 14 heavy (non-hydrogen) atoms. The highest BCUT2D eigenvalue weighted by Crippen LogP contribution is 2.08. The van der Waals surface area contributed by atoms with E-state index in [9.17, 15) is 4.79 Å². The summed E-state index contributed by atoms with van der Waals surface area (Å²) in [5.74, 6) is -0.0183. The van der Waals surface area contributed by atoms with Crippen molar-refractivity contribution in [2.24, 2.45) is 0 Å². The molecule has 0 saturated carbocycles. The van der Waals surface area contributed by atoms with Gasteiger partial charge in [-0.3, -0.25) is 4.79 Å². The highest BCUT2D eigenvalue weighted by Gasteiger charge is 2.07. The van der Waals surface area contributed by atoms with Gasteiger partial charge in [-0.15, -0.1) is 11.3 Å². The number of amides is 1. The average Bonchev–Trinajstić information content (AvgIpc) is 2.56. The molecule has 0 saturated heterocycles. The van der Waals surface area contributed by atoms with Gasteiger partial charge in [0.15, 0.2) is 0 Å². The SMILES string of the molecule is CC(CC#N)NC(=O)Cc1cccs1. The Morgan fingerprint density at radius 1 is 1.79 bits per heavy atom. The van der Waals surface area contributed by atoms with Crippen LogP contribution in [0.2, 0.25) is 0 Å². The van der Waals surface area contributed by atoms with E-state index in [2.05, 4.69) is 5.32 Å². The molecule has 4 heteroatoms. The summed E-state index contributed by atoms with van der Waals surface area (Å²) < 4.78 is 0. The molecule has 0 spiro atoms. The van der Waals surface area contributed by atoms with Crippen molar-refractivity contribution in [3.05, 3.63) is 22.4 Å². The zero-order valence-electron chi connectivity index (χ0n) is 7.99. The molecular formula is C10H12N2OS. The molecule has 3 nitrogen and oxygen atoms in total. The average molecular weight is 208 g/mol. The van der Waals surface area contributed by atoms with Gasteiger partial charge in [0.05, 0.1) is 18.9 Å². The molecule has 0 fully saturated rings. The lowest BCUT2D eigenvalue weighted by Gasteiger charge is -2.08. The minimum atomic E-state index is -0.0625. The third-order valence-electron chi connectivity index (χ3n) is 1.72. The van der Waals surface area contributed by atoms with Gasteiger partial charge in [-0.05, 0) is 18.4 Å². The van der Waals surface area contributed by atoms with Crippen molar-refractivity contribution in [3.8, 4) is 6.07 Å². The molecule has 0 bridgehead atoms. The van der Waals surface area contributed by atoms with Crippen LogP contribution in [0.15, 0.2) is 17.5 Å². The molecule has 1 heterocycles. The Morgan fingerprint density at radius 2 is 2.57 bits per heavy atom. The standard InChI is InChI=1S/C10H12N2OS/c1-8(4-5-11)12-10(13)7-9-3-2-6-14-9/h2-3,6,8H,4,7H2,1H3,(H,12,13). The molecule has 1 unspecified atom stereocenters. The molecule has 0 aromatic carbocycles. The van der Waals surface area contributed by atoms with Gasteiger partial charge in [0.1, 0.15) is 0 Å².